The molecule has 0 bridgehead atoms. The molecule has 29 heavy (non-hydrogen) atoms. The average Bonchev–Trinajstić information content (AvgIpc) is 2.71. The summed E-state index contributed by atoms with van der Waals surface area (Å²) in [6.45, 7) is 9.72. The van der Waals surface area contributed by atoms with Crippen LogP contribution in [0, 0.1) is 6.92 Å². The summed E-state index contributed by atoms with van der Waals surface area (Å²) in [5.74, 6) is -0.483. The van der Waals surface area contributed by atoms with E-state index >= 15 is 0 Å². The predicted molar refractivity (Wildman–Crippen MR) is 112 cm³/mol. The summed E-state index contributed by atoms with van der Waals surface area (Å²) in [4.78, 5) is 27.5. The maximum atomic E-state index is 12.5. The van der Waals surface area contributed by atoms with Crippen LogP contribution >= 0.6 is 0 Å². The lowest BCUT2D eigenvalue weighted by atomic mass is 10.1. The summed E-state index contributed by atoms with van der Waals surface area (Å²) in [7, 11) is 0. The number of nitrogens with one attached hydrogen (secondary N) is 3. The minimum absolute atomic E-state index is 0.0703. The van der Waals surface area contributed by atoms with Gasteiger partial charge in [0.2, 0.25) is 0 Å². The van der Waals surface area contributed by atoms with Crippen molar-refractivity contribution >= 4 is 17.6 Å². The lowest BCUT2D eigenvalue weighted by Gasteiger charge is -2.29. The van der Waals surface area contributed by atoms with Crippen LogP contribution in [0.3, 0.4) is 0 Å². The summed E-state index contributed by atoms with van der Waals surface area (Å²) in [6, 6.07) is 15.5. The maximum absolute atomic E-state index is 12.5. The summed E-state index contributed by atoms with van der Waals surface area (Å²) >= 11 is 0. The largest absolute Gasteiger partial charge is 0.462 e. The first-order valence-electron chi connectivity index (χ1n) is 10.3. The Balaban J connectivity index is 1.49. The molecule has 3 rings (SSSR count). The second-order valence-electron chi connectivity index (χ2n) is 7.59. The number of esters is 1. The van der Waals surface area contributed by atoms with Crippen LogP contribution in [0.2, 0.25) is 0 Å². The van der Waals surface area contributed by atoms with Gasteiger partial charge in [-0.1, -0.05) is 36.4 Å². The predicted octanol–water partition coefficient (Wildman–Crippen LogP) is 0.0938. The van der Waals surface area contributed by atoms with Gasteiger partial charge in [-0.2, -0.15) is 0 Å². The number of hydrogen-bond acceptors (Lipinski definition) is 3. The van der Waals surface area contributed by atoms with Crippen molar-refractivity contribution in [3.05, 3.63) is 65.2 Å². The molecule has 1 amide bonds. The van der Waals surface area contributed by atoms with E-state index in [1.807, 2.05) is 0 Å². The molecule has 1 aliphatic rings. The Morgan fingerprint density at radius 3 is 2.34 bits per heavy atom. The highest BCUT2D eigenvalue weighted by atomic mass is 16.5. The van der Waals surface area contributed by atoms with Crippen LogP contribution < -0.4 is 15.1 Å². The third-order valence-electron chi connectivity index (χ3n) is 5.47. The molecule has 2 aromatic rings. The van der Waals surface area contributed by atoms with E-state index in [1.165, 1.54) is 16.0 Å². The fourth-order valence-corrected chi connectivity index (χ4v) is 3.79. The topological polar surface area (TPSA) is 64.3 Å². The first-order chi connectivity index (χ1) is 14.1. The van der Waals surface area contributed by atoms with Crippen molar-refractivity contribution in [3.63, 3.8) is 0 Å². The standard InChI is InChI=1S/C23H29N3O3/c1-3-29-23(28)20-10-6-7-11-21(20)24-22(27)17-26-14-12-25(13-15-26)16-19-9-5-4-8-18(19)2/h4-11H,3,12-17H2,1-2H3,(H,24,27)/p+2. The fourth-order valence-electron chi connectivity index (χ4n) is 3.79. The summed E-state index contributed by atoms with van der Waals surface area (Å²) < 4.78 is 5.07. The van der Waals surface area contributed by atoms with Crippen molar-refractivity contribution in [3.8, 4) is 0 Å². The third-order valence-corrected chi connectivity index (χ3v) is 5.47. The SMILES string of the molecule is CCOC(=O)c1ccccc1NC(=O)C[NH+]1CC[NH+](Cc2ccccc2C)CC1. The average molecular weight is 398 g/mol. The van der Waals surface area contributed by atoms with E-state index in [9.17, 15) is 9.59 Å². The molecule has 1 saturated heterocycles. The molecule has 0 aromatic heterocycles. The van der Waals surface area contributed by atoms with E-state index in [4.69, 9.17) is 4.74 Å². The van der Waals surface area contributed by atoms with Gasteiger partial charge in [0, 0.05) is 5.56 Å². The van der Waals surface area contributed by atoms with Crippen molar-refractivity contribution in [1.82, 2.24) is 0 Å². The molecule has 0 radical (unpaired) electrons. The fraction of sp³-hybridized carbons (Fsp3) is 0.391. The van der Waals surface area contributed by atoms with E-state index in [1.54, 1.807) is 36.1 Å². The lowest BCUT2D eigenvalue weighted by molar-refractivity contribution is -1.02. The molecule has 154 valence electrons. The number of amides is 1. The van der Waals surface area contributed by atoms with Gasteiger partial charge in [0.1, 0.15) is 32.7 Å². The van der Waals surface area contributed by atoms with Crippen LogP contribution in [0.25, 0.3) is 0 Å². The van der Waals surface area contributed by atoms with Gasteiger partial charge >= 0.3 is 5.97 Å². The van der Waals surface area contributed by atoms with E-state index in [-0.39, 0.29) is 5.91 Å². The Labute approximate surface area is 172 Å². The molecule has 0 unspecified atom stereocenters. The molecule has 1 fully saturated rings. The highest BCUT2D eigenvalue weighted by Gasteiger charge is 2.25. The number of anilines is 1. The zero-order valence-electron chi connectivity index (χ0n) is 17.3. The number of ether oxygens (including phenoxy) is 1. The smallest absolute Gasteiger partial charge is 0.340 e. The van der Waals surface area contributed by atoms with Crippen LogP contribution in [0.4, 0.5) is 5.69 Å². The Kier molecular flexibility index (Phi) is 7.38. The molecule has 2 aromatic carbocycles. The monoisotopic (exact) mass is 397 g/mol. The van der Waals surface area contributed by atoms with Crippen LogP contribution in [0.15, 0.2) is 48.5 Å². The van der Waals surface area contributed by atoms with Crippen LogP contribution in [0.1, 0.15) is 28.4 Å². The van der Waals surface area contributed by atoms with E-state index in [2.05, 4.69) is 36.5 Å². The second kappa shape index (κ2) is 10.2. The van der Waals surface area contributed by atoms with Crippen molar-refractivity contribution in [2.75, 3.05) is 44.6 Å². The molecule has 1 heterocycles. The number of benzene rings is 2. The van der Waals surface area contributed by atoms with Crippen molar-refractivity contribution < 1.29 is 24.1 Å². The van der Waals surface area contributed by atoms with Gasteiger partial charge in [0.05, 0.1) is 17.9 Å². The van der Waals surface area contributed by atoms with Crippen molar-refractivity contribution in [1.29, 1.82) is 0 Å². The highest BCUT2D eigenvalue weighted by molar-refractivity contribution is 6.01. The van der Waals surface area contributed by atoms with Crippen LogP contribution in [-0.2, 0) is 16.1 Å². The number of carbonyl (C=O) groups excluding carboxylic acids is 2. The van der Waals surface area contributed by atoms with Crippen molar-refractivity contribution in [2.24, 2.45) is 0 Å². The summed E-state index contributed by atoms with van der Waals surface area (Å²) in [5.41, 5.74) is 3.65. The first kappa shape index (κ1) is 21.0. The van der Waals surface area contributed by atoms with Crippen LogP contribution in [0.5, 0.6) is 0 Å². The molecular weight excluding hydrogens is 366 g/mol. The van der Waals surface area contributed by atoms with Gasteiger partial charge in [-0.25, -0.2) is 4.79 Å². The van der Waals surface area contributed by atoms with Gasteiger partial charge in [-0.15, -0.1) is 0 Å². The second-order valence-corrected chi connectivity index (χ2v) is 7.59. The number of para-hydroxylation sites is 1. The maximum Gasteiger partial charge on any atom is 0.340 e. The van der Waals surface area contributed by atoms with E-state index in [0.29, 0.717) is 24.4 Å². The Morgan fingerprint density at radius 2 is 1.62 bits per heavy atom. The molecule has 6 nitrogen and oxygen atoms in total. The van der Waals surface area contributed by atoms with Gasteiger partial charge < -0.3 is 19.9 Å². The molecule has 0 spiro atoms. The Hall–Kier alpha value is -2.70. The third kappa shape index (κ3) is 5.89. The minimum Gasteiger partial charge on any atom is -0.462 e. The van der Waals surface area contributed by atoms with Gasteiger partial charge in [-0.05, 0) is 31.5 Å². The highest BCUT2D eigenvalue weighted by Crippen LogP contribution is 2.16. The summed E-state index contributed by atoms with van der Waals surface area (Å²) in [6.07, 6.45) is 0. The molecule has 1 aliphatic heterocycles. The van der Waals surface area contributed by atoms with Crippen molar-refractivity contribution in [2.45, 2.75) is 20.4 Å². The number of carbonyl (C=O) groups is 2. The minimum atomic E-state index is -0.413. The quantitative estimate of drug-likeness (QED) is 0.581. The molecular formula is C23H31N3O3+2. The molecule has 0 aliphatic carbocycles. The zero-order chi connectivity index (χ0) is 20.6. The number of hydrogen-bond donors (Lipinski definition) is 3. The molecule has 0 atom stereocenters. The van der Waals surface area contributed by atoms with Gasteiger partial charge in [0.15, 0.2) is 6.54 Å². The first-order valence-corrected chi connectivity index (χ1v) is 10.3. The number of rotatable bonds is 7. The van der Waals surface area contributed by atoms with Crippen LogP contribution in [-0.4, -0.2) is 51.2 Å². The van der Waals surface area contributed by atoms with E-state index in [0.717, 1.165) is 32.7 Å². The molecule has 0 saturated carbocycles. The number of piperazine rings is 1. The summed E-state index contributed by atoms with van der Waals surface area (Å²) in [5, 5.41) is 2.89. The normalized spacial score (nSPS) is 18.8. The number of quaternary nitrogens is 2. The Bertz CT molecular complexity index is 845. The van der Waals surface area contributed by atoms with Gasteiger partial charge in [-0.3, -0.25) is 4.79 Å². The molecule has 3 N–H and O–H groups in total. The number of aryl methyl sites for hydroxylation is 1. The lowest BCUT2D eigenvalue weighted by Crippen LogP contribution is -3.28. The Morgan fingerprint density at radius 1 is 0.966 bits per heavy atom. The van der Waals surface area contributed by atoms with Gasteiger partial charge in [0.25, 0.3) is 5.91 Å². The zero-order valence-corrected chi connectivity index (χ0v) is 17.3. The van der Waals surface area contributed by atoms with E-state index < -0.39 is 5.97 Å². The molecule has 6 heteroatoms.